The zero-order valence-corrected chi connectivity index (χ0v) is 14.2. The Balaban J connectivity index is 2.08. The Hall–Kier alpha value is -1.31. The second kappa shape index (κ2) is 5.40. The van der Waals surface area contributed by atoms with Gasteiger partial charge in [0.2, 0.25) is 10.0 Å². The maximum Gasteiger partial charge on any atom is 0.243 e. The van der Waals surface area contributed by atoms with Crippen LogP contribution in [0, 0.1) is 0 Å². The van der Waals surface area contributed by atoms with Crippen molar-refractivity contribution in [3.8, 4) is 0 Å². The molecule has 1 aromatic carbocycles. The van der Waals surface area contributed by atoms with Gasteiger partial charge in [0.1, 0.15) is 0 Å². The quantitative estimate of drug-likeness (QED) is 0.837. The minimum absolute atomic E-state index is 0.262. The van der Waals surface area contributed by atoms with Crippen molar-refractivity contribution in [2.45, 2.75) is 23.5 Å². The number of benzene rings is 1. The lowest BCUT2D eigenvalue weighted by atomic mass is 10.2. The number of rotatable bonds is 2. The van der Waals surface area contributed by atoms with Crippen LogP contribution in [0.2, 0.25) is 0 Å². The monoisotopic (exact) mass is 338 g/mol. The number of hydrogen-bond acceptors (Lipinski definition) is 4. The van der Waals surface area contributed by atoms with Gasteiger partial charge in [-0.25, -0.2) is 8.42 Å². The smallest absolute Gasteiger partial charge is 0.243 e. The summed E-state index contributed by atoms with van der Waals surface area (Å²) in [5.74, 6) is 0.370. The van der Waals surface area contributed by atoms with Crippen LogP contribution in [0.1, 0.15) is 13.8 Å². The average molecular weight is 338 g/mol. The third-order valence-corrected chi connectivity index (χ3v) is 7.74. The molecule has 0 radical (unpaired) electrons. The third kappa shape index (κ3) is 2.57. The summed E-state index contributed by atoms with van der Waals surface area (Å²) in [6.07, 6.45) is 1.64. The number of hydrogen-bond donors (Lipinski definition) is 0. The lowest BCUT2D eigenvalue weighted by molar-refractivity contribution is 0.379. The van der Waals surface area contributed by atoms with E-state index in [1.165, 1.54) is 4.31 Å². The number of fused-ring (bicyclic) bond motifs is 1. The predicted molar refractivity (Wildman–Crippen MR) is 87.6 cm³/mol. The molecule has 1 unspecified atom stereocenters. The second-order valence-corrected chi connectivity index (χ2v) is 10.1. The number of nitrogens with zero attached hydrogens (tertiary/aromatic N) is 2. The van der Waals surface area contributed by atoms with E-state index in [0.29, 0.717) is 16.7 Å². The fraction of sp³-hybridized carbons (Fsp3) is 0.400. The molecule has 0 saturated carbocycles. The summed E-state index contributed by atoms with van der Waals surface area (Å²) in [5, 5.41) is 0.620. The molecule has 0 N–H and O–H groups in total. The normalized spacial score (nSPS) is 22.7. The number of sulfonamides is 1. The van der Waals surface area contributed by atoms with Crippen LogP contribution in [-0.4, -0.2) is 45.5 Å². The molecule has 3 rings (SSSR count). The summed E-state index contributed by atoms with van der Waals surface area (Å²) >= 11 is 0. The Kier molecular flexibility index (Phi) is 3.82. The van der Waals surface area contributed by atoms with E-state index in [0.717, 1.165) is 0 Å². The molecular formula is C15H18N2O3S2. The summed E-state index contributed by atoms with van der Waals surface area (Å²) in [6.45, 7) is 4.23. The van der Waals surface area contributed by atoms with Crippen LogP contribution in [0.4, 0.5) is 0 Å². The van der Waals surface area contributed by atoms with Crippen LogP contribution in [0.3, 0.4) is 0 Å². The van der Waals surface area contributed by atoms with Gasteiger partial charge in [0.15, 0.2) is 0 Å². The van der Waals surface area contributed by atoms with E-state index in [1.807, 2.05) is 13.8 Å². The van der Waals surface area contributed by atoms with Gasteiger partial charge in [0.25, 0.3) is 0 Å². The molecule has 1 atom stereocenters. The first-order valence-electron chi connectivity index (χ1n) is 7.05. The Bertz CT molecular complexity index is 841. The van der Waals surface area contributed by atoms with E-state index in [1.54, 1.807) is 36.5 Å². The van der Waals surface area contributed by atoms with Crippen molar-refractivity contribution in [2.24, 2.45) is 0 Å². The molecule has 0 spiro atoms. The fourth-order valence-corrected chi connectivity index (χ4v) is 5.92. The number of pyridine rings is 1. The first-order valence-corrected chi connectivity index (χ1v) is 9.81. The maximum atomic E-state index is 13.0. The highest BCUT2D eigenvalue weighted by Gasteiger charge is 2.39. The molecule has 7 heteroatoms. The molecule has 2 aromatic rings. The van der Waals surface area contributed by atoms with Gasteiger partial charge in [-0.15, -0.1) is 0 Å². The van der Waals surface area contributed by atoms with Gasteiger partial charge in [-0.1, -0.05) is 6.07 Å². The van der Waals surface area contributed by atoms with Crippen LogP contribution < -0.4 is 0 Å². The first kappa shape index (κ1) is 15.6. The molecule has 1 fully saturated rings. The topological polar surface area (TPSA) is 67.3 Å². The van der Waals surface area contributed by atoms with Crippen molar-refractivity contribution in [2.75, 3.05) is 18.8 Å². The zero-order valence-electron chi connectivity index (χ0n) is 12.5. The highest BCUT2D eigenvalue weighted by molar-refractivity contribution is 7.90. The summed E-state index contributed by atoms with van der Waals surface area (Å²) < 4.78 is 38.9. The largest absolute Gasteiger partial charge is 0.259 e. The third-order valence-electron chi connectivity index (χ3n) is 3.92. The van der Waals surface area contributed by atoms with Crippen molar-refractivity contribution in [1.82, 2.24) is 9.29 Å². The van der Waals surface area contributed by atoms with Gasteiger partial charge in [-0.2, -0.15) is 4.31 Å². The van der Waals surface area contributed by atoms with Crippen molar-refractivity contribution in [3.05, 3.63) is 36.5 Å². The lowest BCUT2D eigenvalue weighted by Crippen LogP contribution is -2.51. The summed E-state index contributed by atoms with van der Waals surface area (Å²) in [5.41, 5.74) is 0.656. The van der Waals surface area contributed by atoms with E-state index >= 15 is 0 Å². The van der Waals surface area contributed by atoms with E-state index in [-0.39, 0.29) is 18.0 Å². The minimum atomic E-state index is -3.62. The molecule has 1 aliphatic rings. The molecule has 0 aliphatic carbocycles. The summed E-state index contributed by atoms with van der Waals surface area (Å²) in [4.78, 5) is 4.47. The van der Waals surface area contributed by atoms with Crippen LogP contribution in [0.25, 0.3) is 10.9 Å². The number of aromatic nitrogens is 1. The molecular weight excluding hydrogens is 320 g/mol. The van der Waals surface area contributed by atoms with Crippen LogP contribution in [0.5, 0.6) is 0 Å². The van der Waals surface area contributed by atoms with Gasteiger partial charge in [0.05, 0.1) is 15.2 Å². The molecule has 0 bridgehead atoms. The Morgan fingerprint density at radius 3 is 2.73 bits per heavy atom. The van der Waals surface area contributed by atoms with Crippen molar-refractivity contribution < 1.29 is 12.6 Å². The van der Waals surface area contributed by atoms with E-state index in [9.17, 15) is 12.6 Å². The van der Waals surface area contributed by atoms with Crippen LogP contribution in [0.15, 0.2) is 41.4 Å². The summed E-state index contributed by atoms with van der Waals surface area (Å²) in [7, 11) is -4.63. The highest BCUT2D eigenvalue weighted by atomic mass is 32.2. The molecule has 5 nitrogen and oxygen atoms in total. The van der Waals surface area contributed by atoms with Gasteiger partial charge < -0.3 is 0 Å². The van der Waals surface area contributed by atoms with E-state index in [4.69, 9.17) is 0 Å². The molecule has 118 valence electrons. The predicted octanol–water partition coefficient (Wildman–Crippen LogP) is 1.77. The lowest BCUT2D eigenvalue weighted by Gasteiger charge is -2.36. The average Bonchev–Trinajstić information content (AvgIpc) is 2.49. The standard InChI is InChI=1S/C15H18N2O3S2/c1-15(2)11-17(9-10-21(15)18)22(19,20)14-7-3-6-13-12(14)5-4-8-16-13/h3-8H,9-11H2,1-2H3. The SMILES string of the molecule is CC1(C)CN(S(=O)(=O)c2cccc3ncccc23)CCS1=O. The fourth-order valence-electron chi connectivity index (χ4n) is 2.68. The van der Waals surface area contributed by atoms with Crippen LogP contribution >= 0.6 is 0 Å². The van der Waals surface area contributed by atoms with Gasteiger partial charge in [-0.05, 0) is 38.1 Å². The Labute approximate surface area is 132 Å². The summed E-state index contributed by atoms with van der Waals surface area (Å²) in [6, 6.07) is 8.61. The molecule has 22 heavy (non-hydrogen) atoms. The molecule has 1 aliphatic heterocycles. The van der Waals surface area contributed by atoms with E-state index < -0.39 is 25.6 Å². The Morgan fingerprint density at radius 2 is 2.00 bits per heavy atom. The molecule has 2 heterocycles. The highest BCUT2D eigenvalue weighted by Crippen LogP contribution is 2.29. The van der Waals surface area contributed by atoms with Crippen molar-refractivity contribution >= 4 is 31.7 Å². The second-order valence-electron chi connectivity index (χ2n) is 5.97. The van der Waals surface area contributed by atoms with Gasteiger partial charge in [0, 0.05) is 41.2 Å². The Morgan fingerprint density at radius 1 is 1.23 bits per heavy atom. The minimum Gasteiger partial charge on any atom is -0.259 e. The van der Waals surface area contributed by atoms with Gasteiger partial charge >= 0.3 is 0 Å². The molecule has 1 aromatic heterocycles. The van der Waals surface area contributed by atoms with Gasteiger partial charge in [-0.3, -0.25) is 9.19 Å². The van der Waals surface area contributed by atoms with Crippen LogP contribution in [-0.2, 0) is 20.8 Å². The molecule has 1 saturated heterocycles. The molecule has 0 amide bonds. The van der Waals surface area contributed by atoms with E-state index in [2.05, 4.69) is 4.98 Å². The zero-order chi connectivity index (χ0) is 16.0. The van der Waals surface area contributed by atoms with Crippen molar-refractivity contribution in [3.63, 3.8) is 0 Å². The van der Waals surface area contributed by atoms with Crippen molar-refractivity contribution in [1.29, 1.82) is 0 Å². The first-order chi connectivity index (χ1) is 10.3. The maximum absolute atomic E-state index is 13.0.